The molecule has 5 rings (SSSR count). The van der Waals surface area contributed by atoms with Gasteiger partial charge in [-0.05, 0) is 36.4 Å². The summed E-state index contributed by atoms with van der Waals surface area (Å²) in [7, 11) is 0. The van der Waals surface area contributed by atoms with E-state index in [4.69, 9.17) is 9.47 Å². The molecule has 2 aliphatic rings. The molecule has 9 heteroatoms. The molecular weight excluding hydrogens is 456 g/mol. The van der Waals surface area contributed by atoms with Gasteiger partial charge in [0.1, 0.15) is 18.5 Å². The summed E-state index contributed by atoms with van der Waals surface area (Å²) >= 11 is 3.21. The van der Waals surface area contributed by atoms with Gasteiger partial charge in [-0.3, -0.25) is 4.79 Å². The maximum absolute atomic E-state index is 12.6. The fourth-order valence-corrected chi connectivity index (χ4v) is 5.93. The van der Waals surface area contributed by atoms with Crippen molar-refractivity contribution in [2.75, 3.05) is 18.9 Å². The molecule has 1 aromatic carbocycles. The lowest BCUT2D eigenvalue weighted by molar-refractivity contribution is -0.119. The lowest BCUT2D eigenvalue weighted by atomic mass is 9.95. The first-order valence-corrected chi connectivity index (χ1v) is 13.4. The molecule has 0 bridgehead atoms. The van der Waals surface area contributed by atoms with Crippen LogP contribution in [0.4, 0.5) is 0 Å². The Hall–Kier alpha value is -2.52. The van der Waals surface area contributed by atoms with Gasteiger partial charge < -0.3 is 19.4 Å². The Morgan fingerprint density at radius 1 is 1.12 bits per heavy atom. The van der Waals surface area contributed by atoms with Crippen molar-refractivity contribution in [1.82, 2.24) is 20.1 Å². The molecule has 2 aromatic heterocycles. The molecule has 0 saturated heterocycles. The number of fused-ring (bicyclic) bond motifs is 1. The third-order valence-corrected chi connectivity index (χ3v) is 7.83. The van der Waals surface area contributed by atoms with Crippen LogP contribution in [0.3, 0.4) is 0 Å². The Morgan fingerprint density at radius 2 is 1.97 bits per heavy atom. The number of thiophene rings is 1. The monoisotopic (exact) mass is 484 g/mol. The topological polar surface area (TPSA) is 78.3 Å². The van der Waals surface area contributed by atoms with Crippen LogP contribution >= 0.6 is 23.1 Å². The molecule has 33 heavy (non-hydrogen) atoms. The van der Waals surface area contributed by atoms with E-state index in [0.717, 1.165) is 41.7 Å². The van der Waals surface area contributed by atoms with Crippen molar-refractivity contribution in [3.63, 3.8) is 0 Å². The summed E-state index contributed by atoms with van der Waals surface area (Å²) in [6.45, 7) is 0.833. The second-order valence-corrected chi connectivity index (χ2v) is 10.4. The van der Waals surface area contributed by atoms with Crippen LogP contribution in [0.15, 0.2) is 46.9 Å². The number of aromatic nitrogens is 3. The van der Waals surface area contributed by atoms with E-state index in [2.05, 4.69) is 37.6 Å². The number of ether oxygens (including phenoxy) is 2. The summed E-state index contributed by atoms with van der Waals surface area (Å²) in [5.74, 6) is 2.72. The zero-order valence-electron chi connectivity index (χ0n) is 18.4. The predicted molar refractivity (Wildman–Crippen MR) is 129 cm³/mol. The Labute approximate surface area is 201 Å². The number of benzene rings is 1. The number of nitrogens with one attached hydrogen (secondary N) is 1. The first-order chi connectivity index (χ1) is 16.3. The molecule has 3 heterocycles. The largest absolute Gasteiger partial charge is 0.486 e. The highest BCUT2D eigenvalue weighted by Gasteiger charge is 2.25. The summed E-state index contributed by atoms with van der Waals surface area (Å²) in [4.78, 5) is 13.9. The summed E-state index contributed by atoms with van der Waals surface area (Å²) in [6.07, 6.45) is 6.65. The number of nitrogens with zero attached hydrogens (tertiary/aromatic N) is 3. The minimum Gasteiger partial charge on any atom is -0.486 e. The van der Waals surface area contributed by atoms with Gasteiger partial charge in [0.05, 0.1) is 12.3 Å². The number of hydrogen-bond donors (Lipinski definition) is 1. The normalized spacial score (nSPS) is 18.2. The Bertz CT molecular complexity index is 1060. The second kappa shape index (κ2) is 10.6. The first kappa shape index (κ1) is 22.3. The zero-order chi connectivity index (χ0) is 22.5. The molecular formula is C24H28N4O3S2. The van der Waals surface area contributed by atoms with E-state index in [9.17, 15) is 4.79 Å². The minimum atomic E-state index is -0.197. The van der Waals surface area contributed by atoms with E-state index >= 15 is 0 Å². The molecule has 0 spiro atoms. The van der Waals surface area contributed by atoms with Crippen LogP contribution in [-0.4, -0.2) is 45.7 Å². The molecule has 3 aromatic rings. The van der Waals surface area contributed by atoms with E-state index in [-0.39, 0.29) is 12.0 Å². The smallest absolute Gasteiger partial charge is 0.230 e. The van der Waals surface area contributed by atoms with Crippen molar-refractivity contribution in [3.05, 3.63) is 52.5 Å². The van der Waals surface area contributed by atoms with Gasteiger partial charge >= 0.3 is 0 Å². The first-order valence-electron chi connectivity index (χ1n) is 11.5. The highest BCUT2D eigenvalue weighted by atomic mass is 32.2. The van der Waals surface area contributed by atoms with Gasteiger partial charge in [0, 0.05) is 17.3 Å². The Kier molecular flexibility index (Phi) is 7.16. The SMILES string of the molecule is O=C(CSc1nnc(Cc2cccs2)n1C1CCCCC1)NC[C@@H]1COc2ccccc2O1. The highest BCUT2D eigenvalue weighted by molar-refractivity contribution is 7.99. The number of thioether (sulfide) groups is 1. The van der Waals surface area contributed by atoms with Gasteiger partial charge in [-0.2, -0.15) is 0 Å². The summed E-state index contributed by atoms with van der Waals surface area (Å²) < 4.78 is 13.9. The van der Waals surface area contributed by atoms with Gasteiger partial charge in [-0.25, -0.2) is 0 Å². The van der Waals surface area contributed by atoms with Crippen molar-refractivity contribution in [2.45, 2.75) is 55.8 Å². The quantitative estimate of drug-likeness (QED) is 0.475. The molecule has 174 valence electrons. The molecule has 1 aliphatic carbocycles. The number of hydrogen-bond acceptors (Lipinski definition) is 7. The van der Waals surface area contributed by atoms with E-state index in [1.165, 1.54) is 35.9 Å². The van der Waals surface area contributed by atoms with Crippen LogP contribution in [-0.2, 0) is 11.2 Å². The van der Waals surface area contributed by atoms with Gasteiger partial charge in [0.2, 0.25) is 5.91 Å². The van der Waals surface area contributed by atoms with Crippen LogP contribution in [0.1, 0.15) is 48.8 Å². The second-order valence-electron chi connectivity index (χ2n) is 8.41. The van der Waals surface area contributed by atoms with Crippen molar-refractivity contribution in [1.29, 1.82) is 0 Å². The predicted octanol–water partition coefficient (Wildman–Crippen LogP) is 4.48. The van der Waals surface area contributed by atoms with Gasteiger partial charge in [0.25, 0.3) is 0 Å². The third kappa shape index (κ3) is 5.52. The van der Waals surface area contributed by atoms with Gasteiger partial charge in [-0.1, -0.05) is 49.2 Å². The fraction of sp³-hybridized carbons (Fsp3) is 0.458. The number of carbonyl (C=O) groups is 1. The molecule has 1 N–H and O–H groups in total. The van der Waals surface area contributed by atoms with Gasteiger partial charge in [0.15, 0.2) is 16.7 Å². The maximum Gasteiger partial charge on any atom is 0.230 e. The molecule has 1 amide bonds. The molecule has 1 atom stereocenters. The van der Waals surface area contributed by atoms with Crippen molar-refractivity contribution < 1.29 is 14.3 Å². The van der Waals surface area contributed by atoms with E-state index in [1.54, 1.807) is 11.3 Å². The van der Waals surface area contributed by atoms with E-state index in [1.807, 2.05) is 24.3 Å². The average Bonchev–Trinajstić information content (AvgIpc) is 3.52. The third-order valence-electron chi connectivity index (χ3n) is 6.01. The van der Waals surface area contributed by atoms with Crippen molar-refractivity contribution in [2.24, 2.45) is 0 Å². The molecule has 1 saturated carbocycles. The molecule has 7 nitrogen and oxygen atoms in total. The lowest BCUT2D eigenvalue weighted by Crippen LogP contribution is -2.41. The van der Waals surface area contributed by atoms with Crippen LogP contribution in [0.25, 0.3) is 0 Å². The Balaban J connectivity index is 1.18. The summed E-state index contributed by atoms with van der Waals surface area (Å²) in [5, 5.41) is 14.9. The van der Waals surface area contributed by atoms with Crippen LogP contribution in [0, 0.1) is 0 Å². The standard InChI is InChI=1S/C24H28N4O3S2/c29-23(25-14-18-15-30-20-10-4-5-11-21(20)31-18)16-33-24-27-26-22(13-19-9-6-12-32-19)28(24)17-7-2-1-3-8-17/h4-6,9-12,17-18H,1-3,7-8,13-16H2,(H,25,29)/t18-/m1/s1. The number of rotatable bonds is 8. The fourth-order valence-electron chi connectivity index (χ4n) is 4.37. The summed E-state index contributed by atoms with van der Waals surface area (Å²) in [6, 6.07) is 12.2. The highest BCUT2D eigenvalue weighted by Crippen LogP contribution is 2.34. The van der Waals surface area contributed by atoms with Gasteiger partial charge in [-0.15, -0.1) is 21.5 Å². The van der Waals surface area contributed by atoms with Crippen LogP contribution in [0.5, 0.6) is 11.5 Å². The van der Waals surface area contributed by atoms with Crippen LogP contribution < -0.4 is 14.8 Å². The molecule has 1 aliphatic heterocycles. The molecule has 0 radical (unpaired) electrons. The van der Waals surface area contributed by atoms with Crippen molar-refractivity contribution >= 4 is 29.0 Å². The number of carbonyl (C=O) groups excluding carboxylic acids is 1. The lowest BCUT2D eigenvalue weighted by Gasteiger charge is -2.26. The zero-order valence-corrected chi connectivity index (χ0v) is 20.1. The average molecular weight is 485 g/mol. The molecule has 1 fully saturated rings. The number of amides is 1. The van der Waals surface area contributed by atoms with E-state index in [0.29, 0.717) is 24.9 Å². The van der Waals surface area contributed by atoms with Crippen molar-refractivity contribution in [3.8, 4) is 11.5 Å². The minimum absolute atomic E-state index is 0.0412. The number of para-hydroxylation sites is 2. The molecule has 0 unspecified atom stereocenters. The Morgan fingerprint density at radius 3 is 2.79 bits per heavy atom. The summed E-state index contributed by atoms with van der Waals surface area (Å²) in [5.41, 5.74) is 0. The maximum atomic E-state index is 12.6. The van der Waals surface area contributed by atoms with Crippen LogP contribution in [0.2, 0.25) is 0 Å². The van der Waals surface area contributed by atoms with E-state index < -0.39 is 0 Å².